The zero-order chi connectivity index (χ0) is 18.8. The normalized spacial score (nSPS) is 10.1. The van der Waals surface area contributed by atoms with Gasteiger partial charge in [-0.3, -0.25) is 4.84 Å². The fourth-order valence-electron chi connectivity index (χ4n) is 2.12. The molecule has 0 aromatic heterocycles. The van der Waals surface area contributed by atoms with Gasteiger partial charge in [-0.1, -0.05) is 42.5 Å². The standard InChI is InChI=1S/C20H23NO5/c1-4-11-24-20(22)21-26-14-17-9-10-18(12-19(17)23-3)25-13-16-7-5-15(2)6-8-16/h4-10,12H,1,11,13-14H2,2-3H3,(H,21,22). The van der Waals surface area contributed by atoms with E-state index >= 15 is 0 Å². The predicted octanol–water partition coefficient (Wildman–Crippen LogP) is 3.93. The zero-order valence-corrected chi connectivity index (χ0v) is 15.0. The van der Waals surface area contributed by atoms with Gasteiger partial charge in [0.05, 0.1) is 7.11 Å². The van der Waals surface area contributed by atoms with Gasteiger partial charge in [-0.05, 0) is 24.6 Å². The summed E-state index contributed by atoms with van der Waals surface area (Å²) in [5, 5.41) is 0. The average molecular weight is 357 g/mol. The third kappa shape index (κ3) is 6.14. The number of methoxy groups -OCH3 is 1. The third-order valence-electron chi connectivity index (χ3n) is 3.50. The van der Waals surface area contributed by atoms with Crippen molar-refractivity contribution in [3.63, 3.8) is 0 Å². The minimum atomic E-state index is -0.679. The van der Waals surface area contributed by atoms with Crippen LogP contribution in [0.4, 0.5) is 4.79 Å². The van der Waals surface area contributed by atoms with E-state index in [4.69, 9.17) is 19.0 Å². The number of aryl methyl sites for hydroxylation is 1. The first kappa shape index (κ1) is 19.3. The van der Waals surface area contributed by atoms with Gasteiger partial charge in [0.15, 0.2) is 0 Å². The van der Waals surface area contributed by atoms with Crippen LogP contribution in [0.5, 0.6) is 11.5 Å². The fraction of sp³-hybridized carbons (Fsp3) is 0.250. The molecule has 0 spiro atoms. The van der Waals surface area contributed by atoms with Crippen molar-refractivity contribution in [3.8, 4) is 11.5 Å². The van der Waals surface area contributed by atoms with Gasteiger partial charge in [0.25, 0.3) is 0 Å². The number of ether oxygens (including phenoxy) is 3. The maximum atomic E-state index is 11.3. The SMILES string of the molecule is C=CCOC(=O)NOCc1ccc(OCc2ccc(C)cc2)cc1OC. The number of benzene rings is 2. The van der Waals surface area contributed by atoms with Crippen LogP contribution in [0, 0.1) is 6.92 Å². The number of nitrogens with one attached hydrogen (secondary N) is 1. The molecule has 138 valence electrons. The van der Waals surface area contributed by atoms with Crippen molar-refractivity contribution < 1.29 is 23.8 Å². The van der Waals surface area contributed by atoms with Gasteiger partial charge < -0.3 is 14.2 Å². The molecule has 0 unspecified atom stereocenters. The van der Waals surface area contributed by atoms with Crippen LogP contribution in [0.25, 0.3) is 0 Å². The van der Waals surface area contributed by atoms with Crippen LogP contribution >= 0.6 is 0 Å². The highest BCUT2D eigenvalue weighted by Gasteiger charge is 2.08. The van der Waals surface area contributed by atoms with E-state index in [-0.39, 0.29) is 13.2 Å². The lowest BCUT2D eigenvalue weighted by Crippen LogP contribution is -2.24. The lowest BCUT2D eigenvalue weighted by atomic mass is 10.1. The van der Waals surface area contributed by atoms with Crippen molar-refractivity contribution in [2.75, 3.05) is 13.7 Å². The summed E-state index contributed by atoms with van der Waals surface area (Å²) in [7, 11) is 1.56. The quantitative estimate of drug-likeness (QED) is 0.544. The summed E-state index contributed by atoms with van der Waals surface area (Å²) in [6.45, 7) is 6.22. The lowest BCUT2D eigenvalue weighted by molar-refractivity contribution is 0.0207. The van der Waals surface area contributed by atoms with Gasteiger partial charge in [0.1, 0.15) is 31.3 Å². The first-order chi connectivity index (χ1) is 12.6. The van der Waals surface area contributed by atoms with Gasteiger partial charge in [-0.2, -0.15) is 5.48 Å². The maximum absolute atomic E-state index is 11.3. The molecule has 0 saturated heterocycles. The topological polar surface area (TPSA) is 66.0 Å². The molecule has 0 bridgehead atoms. The van der Waals surface area contributed by atoms with Crippen LogP contribution < -0.4 is 15.0 Å². The minimum Gasteiger partial charge on any atom is -0.496 e. The maximum Gasteiger partial charge on any atom is 0.431 e. The van der Waals surface area contributed by atoms with E-state index in [1.807, 2.05) is 43.3 Å². The largest absolute Gasteiger partial charge is 0.496 e. The molecule has 0 aliphatic heterocycles. The number of hydrogen-bond donors (Lipinski definition) is 1. The van der Waals surface area contributed by atoms with Crippen LogP contribution in [-0.2, 0) is 22.8 Å². The first-order valence-corrected chi connectivity index (χ1v) is 8.13. The number of carbonyl (C=O) groups is 1. The molecule has 0 heterocycles. The molecule has 0 saturated carbocycles. The molecule has 26 heavy (non-hydrogen) atoms. The van der Waals surface area contributed by atoms with Crippen molar-refractivity contribution in [1.29, 1.82) is 0 Å². The molecule has 2 aromatic rings. The summed E-state index contributed by atoms with van der Waals surface area (Å²) in [6.07, 6.45) is 0.791. The Labute approximate surface area is 153 Å². The van der Waals surface area contributed by atoms with E-state index in [1.54, 1.807) is 13.2 Å². The van der Waals surface area contributed by atoms with Crippen molar-refractivity contribution in [2.24, 2.45) is 0 Å². The molecule has 1 N–H and O–H groups in total. The Morgan fingerprint density at radius 2 is 1.92 bits per heavy atom. The van der Waals surface area contributed by atoms with Crippen LogP contribution in [0.15, 0.2) is 55.1 Å². The second kappa shape index (κ2) is 10.1. The number of amides is 1. The molecule has 6 nitrogen and oxygen atoms in total. The molecule has 2 rings (SSSR count). The average Bonchev–Trinajstić information content (AvgIpc) is 2.66. The molecule has 0 radical (unpaired) electrons. The van der Waals surface area contributed by atoms with Gasteiger partial charge in [0, 0.05) is 11.6 Å². The van der Waals surface area contributed by atoms with Gasteiger partial charge >= 0.3 is 6.09 Å². The van der Waals surface area contributed by atoms with Crippen molar-refractivity contribution in [1.82, 2.24) is 5.48 Å². The van der Waals surface area contributed by atoms with Crippen LogP contribution in [0.1, 0.15) is 16.7 Å². The van der Waals surface area contributed by atoms with Crippen LogP contribution in [-0.4, -0.2) is 19.8 Å². The summed E-state index contributed by atoms with van der Waals surface area (Å²) < 4.78 is 15.9. The summed E-state index contributed by atoms with van der Waals surface area (Å²) in [5.41, 5.74) is 5.25. The summed E-state index contributed by atoms with van der Waals surface area (Å²) in [6, 6.07) is 13.6. The highest BCUT2D eigenvalue weighted by Crippen LogP contribution is 2.26. The molecule has 2 aromatic carbocycles. The van der Waals surface area contributed by atoms with Crippen molar-refractivity contribution in [3.05, 3.63) is 71.8 Å². The van der Waals surface area contributed by atoms with Gasteiger partial charge in [-0.25, -0.2) is 4.79 Å². The Balaban J connectivity index is 1.88. The fourth-order valence-corrected chi connectivity index (χ4v) is 2.12. The van der Waals surface area contributed by atoms with Crippen LogP contribution in [0.3, 0.4) is 0 Å². The Morgan fingerprint density at radius 3 is 2.62 bits per heavy atom. The lowest BCUT2D eigenvalue weighted by Gasteiger charge is -2.12. The molecule has 6 heteroatoms. The zero-order valence-electron chi connectivity index (χ0n) is 15.0. The third-order valence-corrected chi connectivity index (χ3v) is 3.50. The second-order valence-corrected chi connectivity index (χ2v) is 5.53. The van der Waals surface area contributed by atoms with Crippen LogP contribution in [0.2, 0.25) is 0 Å². The Morgan fingerprint density at radius 1 is 1.15 bits per heavy atom. The summed E-state index contributed by atoms with van der Waals surface area (Å²) in [4.78, 5) is 16.4. The molecule has 0 aliphatic carbocycles. The highest BCUT2D eigenvalue weighted by atomic mass is 16.7. The van der Waals surface area contributed by atoms with E-state index in [0.717, 1.165) is 11.1 Å². The van der Waals surface area contributed by atoms with E-state index in [9.17, 15) is 4.79 Å². The molecule has 0 aliphatic rings. The molecular weight excluding hydrogens is 334 g/mol. The minimum absolute atomic E-state index is 0.117. The van der Waals surface area contributed by atoms with E-state index in [0.29, 0.717) is 18.1 Å². The van der Waals surface area contributed by atoms with Gasteiger partial charge in [0.2, 0.25) is 0 Å². The summed E-state index contributed by atoms with van der Waals surface area (Å²) in [5.74, 6) is 1.29. The number of hydroxylamine groups is 1. The number of hydrogen-bond acceptors (Lipinski definition) is 5. The Bertz CT molecular complexity index is 727. The van der Waals surface area contributed by atoms with Gasteiger partial charge in [-0.15, -0.1) is 0 Å². The molecule has 1 amide bonds. The monoisotopic (exact) mass is 357 g/mol. The van der Waals surface area contributed by atoms with Crippen molar-refractivity contribution in [2.45, 2.75) is 20.1 Å². The Kier molecular flexibility index (Phi) is 7.51. The smallest absolute Gasteiger partial charge is 0.431 e. The first-order valence-electron chi connectivity index (χ1n) is 8.13. The highest BCUT2D eigenvalue weighted by molar-refractivity contribution is 5.65. The van der Waals surface area contributed by atoms with Crippen molar-refractivity contribution >= 4 is 6.09 Å². The molecular formula is C20H23NO5. The Hall–Kier alpha value is -2.99. The van der Waals surface area contributed by atoms with E-state index in [2.05, 4.69) is 12.1 Å². The summed E-state index contributed by atoms with van der Waals surface area (Å²) >= 11 is 0. The molecule has 0 fully saturated rings. The second-order valence-electron chi connectivity index (χ2n) is 5.53. The number of rotatable bonds is 9. The van der Waals surface area contributed by atoms with E-state index in [1.165, 1.54) is 11.6 Å². The molecule has 0 atom stereocenters. The predicted molar refractivity (Wildman–Crippen MR) is 98.0 cm³/mol. The number of carbonyl (C=O) groups excluding carboxylic acids is 1. The van der Waals surface area contributed by atoms with E-state index < -0.39 is 6.09 Å².